The van der Waals surface area contributed by atoms with E-state index >= 15 is 0 Å². The fraction of sp³-hybridized carbons (Fsp3) is 0.600. The Hall–Kier alpha value is 0.471. The van der Waals surface area contributed by atoms with Crippen LogP contribution in [0.1, 0.15) is 12.8 Å². The summed E-state index contributed by atoms with van der Waals surface area (Å²) in [5.41, 5.74) is 2.26. The van der Waals surface area contributed by atoms with E-state index in [1.807, 2.05) is 0 Å². The van der Waals surface area contributed by atoms with Crippen molar-refractivity contribution in [3.05, 3.63) is 48.6 Å². The van der Waals surface area contributed by atoms with Gasteiger partial charge in [-0.3, -0.25) is 0 Å². The molecule has 3 fully saturated rings. The number of allylic oxidation sites excluding steroid dienone is 8. The van der Waals surface area contributed by atoms with Crippen LogP contribution >= 0.6 is 0 Å². The van der Waals surface area contributed by atoms with Gasteiger partial charge < -0.3 is 24.8 Å². The summed E-state index contributed by atoms with van der Waals surface area (Å²) in [5, 5.41) is 0. The Morgan fingerprint density at radius 2 is 1.12 bits per heavy atom. The summed E-state index contributed by atoms with van der Waals surface area (Å²) in [6.45, 7) is 5.53. The van der Waals surface area contributed by atoms with Crippen molar-refractivity contribution in [2.75, 3.05) is 0 Å². The molecule has 4 aliphatic carbocycles. The van der Waals surface area contributed by atoms with Gasteiger partial charge in [-0.05, 0) is 0 Å². The van der Waals surface area contributed by atoms with Gasteiger partial charge in [0.15, 0.2) is 0 Å². The molecule has 0 spiro atoms. The van der Waals surface area contributed by atoms with Gasteiger partial charge >= 0.3 is 145 Å². The fourth-order valence-electron chi connectivity index (χ4n) is 6.49. The Morgan fingerprint density at radius 1 is 0.708 bits per heavy atom. The average molecular weight is 413 g/mol. The van der Waals surface area contributed by atoms with Crippen molar-refractivity contribution in [3.63, 3.8) is 0 Å². The van der Waals surface area contributed by atoms with Crippen LogP contribution in [-0.4, -0.2) is 8.07 Å². The number of fused-ring (bicyclic) bond motifs is 6. The first-order valence-electron chi connectivity index (χ1n) is 9.12. The van der Waals surface area contributed by atoms with Crippen LogP contribution < -0.4 is 24.8 Å². The summed E-state index contributed by atoms with van der Waals surface area (Å²) in [6, 6.07) is 0. The van der Waals surface area contributed by atoms with Crippen LogP contribution in [0.3, 0.4) is 0 Å². The van der Waals surface area contributed by atoms with Crippen molar-refractivity contribution in [1.29, 1.82) is 0 Å². The van der Waals surface area contributed by atoms with Crippen molar-refractivity contribution in [3.8, 4) is 0 Å². The van der Waals surface area contributed by atoms with E-state index in [1.54, 1.807) is 0 Å². The molecule has 0 aromatic heterocycles. The first-order chi connectivity index (χ1) is 10.7. The topological polar surface area (TPSA) is 0 Å². The van der Waals surface area contributed by atoms with Crippen molar-refractivity contribution in [1.82, 2.24) is 0 Å². The van der Waals surface area contributed by atoms with Crippen LogP contribution in [0.25, 0.3) is 0 Å². The predicted octanol–water partition coefficient (Wildman–Crippen LogP) is -0.359. The van der Waals surface area contributed by atoms with Crippen LogP contribution in [0.4, 0.5) is 0 Å². The molecule has 8 atom stereocenters. The Labute approximate surface area is 169 Å². The van der Waals surface area contributed by atoms with Gasteiger partial charge in [0.05, 0.1) is 0 Å². The molecule has 24 heavy (non-hydrogen) atoms. The molecule has 128 valence electrons. The predicted molar refractivity (Wildman–Crippen MR) is 92.2 cm³/mol. The normalized spacial score (nSPS) is 47.9. The number of hydrogen-bond acceptors (Lipinski definition) is 0. The number of rotatable bonds is 0. The molecule has 0 bridgehead atoms. The van der Waals surface area contributed by atoms with Crippen LogP contribution in [0.2, 0.25) is 32.6 Å². The standard InChI is InChI=1S/C20H26Si.2ClH.Ti/c1-21(2,19-11-15-7-3-4-8-16(15)12-19)20-13-17-9-5-6-10-18(17)14-20;;;/h3-11,13,15-20H,12,14H2,1-2H3;2*1H;/q;;;+2/p-2. The van der Waals surface area contributed by atoms with E-state index in [1.165, 1.54) is 12.8 Å². The minimum atomic E-state index is -1.13. The summed E-state index contributed by atoms with van der Waals surface area (Å²) in [6.07, 6.45) is 22.7. The van der Waals surface area contributed by atoms with Crippen LogP contribution in [0, 0.1) is 23.7 Å². The SMILES string of the molecule is C[Si]1(C)C2CC3C=CC=CC3[CH]2[Ti+2][CH]2C3C=CC=CC3CC21.[Cl-].[Cl-]. The van der Waals surface area contributed by atoms with E-state index in [9.17, 15) is 0 Å². The quantitative estimate of drug-likeness (QED) is 0.476. The third-order valence-corrected chi connectivity index (χ3v) is 17.4. The largest absolute Gasteiger partial charge is 1.00 e. The maximum atomic E-state index is 2.77. The van der Waals surface area contributed by atoms with Gasteiger partial charge in [-0.1, -0.05) is 0 Å². The molecule has 1 heterocycles. The Balaban J connectivity index is 0.000000845. The molecule has 0 amide bonds. The summed E-state index contributed by atoms with van der Waals surface area (Å²) in [5.74, 6) is 3.63. The summed E-state index contributed by atoms with van der Waals surface area (Å²) in [4.78, 5) is 0. The Kier molecular flexibility index (Phi) is 5.52. The third-order valence-electron chi connectivity index (χ3n) is 7.64. The zero-order valence-corrected chi connectivity index (χ0v) is 18.5. The van der Waals surface area contributed by atoms with Gasteiger partial charge in [-0.25, -0.2) is 0 Å². The number of hydrogen-bond donors (Lipinski definition) is 0. The van der Waals surface area contributed by atoms with E-state index in [0.717, 1.165) is 43.2 Å². The second kappa shape index (κ2) is 6.89. The third kappa shape index (κ3) is 2.65. The smallest absolute Gasteiger partial charge is 1.00 e. The molecule has 1 saturated heterocycles. The Bertz CT molecular complexity index is 559. The van der Waals surface area contributed by atoms with Crippen LogP contribution in [-0.2, 0) is 19.2 Å². The Morgan fingerprint density at radius 3 is 1.58 bits per heavy atom. The summed E-state index contributed by atoms with van der Waals surface area (Å²) < 4.78 is 2.24. The molecular formula is C20H26Cl2SiTi. The van der Waals surface area contributed by atoms with Gasteiger partial charge in [0.1, 0.15) is 0 Å². The second-order valence-electron chi connectivity index (χ2n) is 8.75. The van der Waals surface area contributed by atoms with E-state index in [4.69, 9.17) is 0 Å². The molecule has 0 aromatic rings. The average Bonchev–Trinajstić information content (AvgIpc) is 3.08. The molecule has 8 unspecified atom stereocenters. The molecule has 0 nitrogen and oxygen atoms in total. The first kappa shape index (κ1) is 19.2. The monoisotopic (exact) mass is 412 g/mol. The van der Waals surface area contributed by atoms with Gasteiger partial charge in [-0.2, -0.15) is 0 Å². The first-order valence-corrected chi connectivity index (χ1v) is 14.1. The molecule has 5 aliphatic rings. The maximum Gasteiger partial charge on any atom is -1.00 e. The van der Waals surface area contributed by atoms with Crippen LogP contribution in [0.5, 0.6) is 0 Å². The summed E-state index contributed by atoms with van der Waals surface area (Å²) in [7, 11) is -1.13. The van der Waals surface area contributed by atoms with E-state index in [0.29, 0.717) is 0 Å². The molecule has 0 radical (unpaired) electrons. The summed E-state index contributed by atoms with van der Waals surface area (Å²) >= 11 is 0.180. The van der Waals surface area contributed by atoms with Crippen LogP contribution in [0.15, 0.2) is 48.6 Å². The molecule has 4 heteroatoms. The fourth-order valence-corrected chi connectivity index (χ4v) is 19.6. The van der Waals surface area contributed by atoms with E-state index < -0.39 is 8.07 Å². The molecule has 1 aliphatic heterocycles. The van der Waals surface area contributed by atoms with Gasteiger partial charge in [0, 0.05) is 0 Å². The minimum Gasteiger partial charge on any atom is -1.00 e. The van der Waals surface area contributed by atoms with Crippen molar-refractivity contribution in [2.45, 2.75) is 45.5 Å². The molecule has 0 N–H and O–H groups in total. The molecule has 0 aromatic carbocycles. The zero-order chi connectivity index (χ0) is 14.9. The van der Waals surface area contributed by atoms with Crippen molar-refractivity contribution < 1.29 is 44.0 Å². The van der Waals surface area contributed by atoms with Gasteiger partial charge in [-0.15, -0.1) is 0 Å². The minimum absolute atomic E-state index is 0. The second-order valence-corrected chi connectivity index (χ2v) is 16.5. The van der Waals surface area contributed by atoms with Gasteiger partial charge in [0.25, 0.3) is 0 Å². The zero-order valence-electron chi connectivity index (χ0n) is 14.4. The van der Waals surface area contributed by atoms with Crippen molar-refractivity contribution >= 4 is 8.07 Å². The van der Waals surface area contributed by atoms with Crippen molar-refractivity contribution in [2.24, 2.45) is 23.7 Å². The van der Waals surface area contributed by atoms with E-state index in [2.05, 4.69) is 61.7 Å². The van der Waals surface area contributed by atoms with Gasteiger partial charge in [0.2, 0.25) is 0 Å². The molecule has 5 rings (SSSR count). The number of halogens is 2. The maximum absolute atomic E-state index is 2.77. The molecular weight excluding hydrogens is 387 g/mol. The van der Waals surface area contributed by atoms with E-state index in [-0.39, 0.29) is 44.0 Å². The molecule has 2 saturated carbocycles.